The van der Waals surface area contributed by atoms with Crippen LogP contribution in [0.2, 0.25) is 0 Å². The van der Waals surface area contributed by atoms with E-state index in [2.05, 4.69) is 25.7 Å². The summed E-state index contributed by atoms with van der Waals surface area (Å²) in [5, 5.41) is 9.42. The molecule has 0 unspecified atom stereocenters. The molecule has 5 heteroatoms. The van der Waals surface area contributed by atoms with Gasteiger partial charge in [-0.2, -0.15) is 0 Å². The lowest BCUT2D eigenvalue weighted by Gasteiger charge is -2.48. The third kappa shape index (κ3) is 2.91. The Morgan fingerprint density at radius 3 is 2.14 bits per heavy atom. The van der Waals surface area contributed by atoms with Gasteiger partial charge in [0.15, 0.2) is 11.5 Å². The summed E-state index contributed by atoms with van der Waals surface area (Å²) in [6, 6.07) is 3.28. The molecular formula is C16H23NO4. The molecule has 0 saturated carbocycles. The van der Waals surface area contributed by atoms with E-state index in [-0.39, 0.29) is 11.0 Å². The zero-order chi connectivity index (χ0) is 15.8. The first-order chi connectivity index (χ1) is 9.77. The van der Waals surface area contributed by atoms with Gasteiger partial charge in [-0.3, -0.25) is 0 Å². The number of benzene rings is 1. The average Bonchev–Trinajstić information content (AvgIpc) is 2.34. The number of methoxy groups -OCH3 is 2. The maximum absolute atomic E-state index is 11.5. The summed E-state index contributed by atoms with van der Waals surface area (Å²) in [4.78, 5) is 13.6. The standard InChI is InChI=1S/C16H23NO4/c1-16(2,3)10-8-17(9-10)12-7-14(21-5)13(20-4)6-11(12)15(18)19/h6-7,10H,8-9H2,1-5H3,(H,18,19). The normalized spacial score (nSPS) is 15.6. The van der Waals surface area contributed by atoms with Crippen molar-refractivity contribution in [3.05, 3.63) is 17.7 Å². The van der Waals surface area contributed by atoms with Gasteiger partial charge in [0.25, 0.3) is 0 Å². The highest BCUT2D eigenvalue weighted by atomic mass is 16.5. The number of rotatable bonds is 4. The second kappa shape index (κ2) is 5.47. The van der Waals surface area contributed by atoms with Gasteiger partial charge in [0.05, 0.1) is 25.5 Å². The monoisotopic (exact) mass is 293 g/mol. The van der Waals surface area contributed by atoms with Crippen molar-refractivity contribution >= 4 is 11.7 Å². The lowest BCUT2D eigenvalue weighted by atomic mass is 9.75. The van der Waals surface area contributed by atoms with Crippen molar-refractivity contribution in [3.8, 4) is 11.5 Å². The molecule has 21 heavy (non-hydrogen) atoms. The first kappa shape index (κ1) is 15.5. The summed E-state index contributed by atoms with van der Waals surface area (Å²) in [6.07, 6.45) is 0. The van der Waals surface area contributed by atoms with E-state index in [0.29, 0.717) is 23.1 Å². The molecular weight excluding hydrogens is 270 g/mol. The van der Waals surface area contributed by atoms with Gasteiger partial charge in [-0.1, -0.05) is 20.8 Å². The van der Waals surface area contributed by atoms with Crippen LogP contribution in [0.1, 0.15) is 31.1 Å². The zero-order valence-corrected chi connectivity index (χ0v) is 13.3. The van der Waals surface area contributed by atoms with Gasteiger partial charge < -0.3 is 19.5 Å². The van der Waals surface area contributed by atoms with E-state index in [0.717, 1.165) is 13.1 Å². The molecule has 0 atom stereocenters. The number of hydrogen-bond acceptors (Lipinski definition) is 4. The number of carboxylic acids is 1. The summed E-state index contributed by atoms with van der Waals surface area (Å²) in [5.74, 6) is 0.598. The van der Waals surface area contributed by atoms with Gasteiger partial charge in [0, 0.05) is 25.2 Å². The second-order valence-corrected chi connectivity index (χ2v) is 6.50. The minimum Gasteiger partial charge on any atom is -0.493 e. The number of hydrogen-bond donors (Lipinski definition) is 1. The molecule has 0 amide bonds. The molecule has 0 spiro atoms. The van der Waals surface area contributed by atoms with E-state index in [9.17, 15) is 9.90 Å². The Kier molecular flexibility index (Phi) is 4.03. The van der Waals surface area contributed by atoms with Crippen molar-refractivity contribution in [1.29, 1.82) is 0 Å². The first-order valence-electron chi connectivity index (χ1n) is 7.02. The van der Waals surface area contributed by atoms with Crippen molar-refractivity contribution in [2.24, 2.45) is 11.3 Å². The van der Waals surface area contributed by atoms with E-state index < -0.39 is 5.97 Å². The SMILES string of the molecule is COc1cc(C(=O)O)c(N2CC(C(C)(C)C)C2)cc1OC. The van der Waals surface area contributed by atoms with E-state index in [1.54, 1.807) is 13.2 Å². The molecule has 1 N–H and O–H groups in total. The van der Waals surface area contributed by atoms with Crippen LogP contribution >= 0.6 is 0 Å². The van der Waals surface area contributed by atoms with Crippen molar-refractivity contribution in [2.45, 2.75) is 20.8 Å². The summed E-state index contributed by atoms with van der Waals surface area (Å²) < 4.78 is 10.5. The van der Waals surface area contributed by atoms with E-state index >= 15 is 0 Å². The molecule has 0 aromatic heterocycles. The predicted molar refractivity (Wildman–Crippen MR) is 81.7 cm³/mol. The fourth-order valence-electron chi connectivity index (χ4n) is 2.52. The van der Waals surface area contributed by atoms with Gasteiger partial charge in [-0.15, -0.1) is 0 Å². The molecule has 1 aliphatic rings. The Morgan fingerprint density at radius 1 is 1.19 bits per heavy atom. The molecule has 1 aromatic rings. The molecule has 0 aliphatic carbocycles. The molecule has 1 saturated heterocycles. The van der Waals surface area contributed by atoms with Crippen LogP contribution in [0.25, 0.3) is 0 Å². The molecule has 1 aromatic carbocycles. The number of aromatic carboxylic acids is 1. The molecule has 1 heterocycles. The highest BCUT2D eigenvalue weighted by Crippen LogP contribution is 2.41. The minimum absolute atomic E-state index is 0.233. The average molecular weight is 293 g/mol. The second-order valence-electron chi connectivity index (χ2n) is 6.50. The summed E-state index contributed by atoms with van der Waals surface area (Å²) in [7, 11) is 3.05. The van der Waals surface area contributed by atoms with Crippen LogP contribution in [-0.2, 0) is 0 Å². The Bertz CT molecular complexity index is 542. The summed E-state index contributed by atoms with van der Waals surface area (Å²) in [5.41, 5.74) is 1.18. The van der Waals surface area contributed by atoms with Crippen LogP contribution in [0.15, 0.2) is 12.1 Å². The van der Waals surface area contributed by atoms with Crippen LogP contribution in [0, 0.1) is 11.3 Å². The third-order valence-corrected chi connectivity index (χ3v) is 4.18. The fraction of sp³-hybridized carbons (Fsp3) is 0.562. The Labute approximate surface area is 125 Å². The summed E-state index contributed by atoms with van der Waals surface area (Å²) in [6.45, 7) is 8.35. The topological polar surface area (TPSA) is 59.0 Å². The van der Waals surface area contributed by atoms with E-state index in [4.69, 9.17) is 9.47 Å². The van der Waals surface area contributed by atoms with Gasteiger partial charge in [-0.25, -0.2) is 4.79 Å². The van der Waals surface area contributed by atoms with Crippen LogP contribution in [0.4, 0.5) is 5.69 Å². The van der Waals surface area contributed by atoms with Gasteiger partial charge in [-0.05, 0) is 11.3 Å². The van der Waals surface area contributed by atoms with Crippen molar-refractivity contribution < 1.29 is 19.4 Å². The molecule has 5 nitrogen and oxygen atoms in total. The highest BCUT2D eigenvalue weighted by Gasteiger charge is 2.37. The van der Waals surface area contributed by atoms with Crippen molar-refractivity contribution in [1.82, 2.24) is 0 Å². The van der Waals surface area contributed by atoms with Gasteiger partial charge in [0.1, 0.15) is 0 Å². The number of anilines is 1. The Morgan fingerprint density at radius 2 is 1.71 bits per heavy atom. The minimum atomic E-state index is -0.954. The summed E-state index contributed by atoms with van der Waals surface area (Å²) >= 11 is 0. The zero-order valence-electron chi connectivity index (χ0n) is 13.3. The number of carboxylic acid groups (broad SMARTS) is 1. The van der Waals surface area contributed by atoms with Crippen LogP contribution in [0.3, 0.4) is 0 Å². The highest BCUT2D eigenvalue weighted by molar-refractivity contribution is 5.96. The van der Waals surface area contributed by atoms with Crippen LogP contribution in [0.5, 0.6) is 11.5 Å². The largest absolute Gasteiger partial charge is 0.493 e. The first-order valence-corrected chi connectivity index (χ1v) is 7.02. The lowest BCUT2D eigenvalue weighted by molar-refractivity contribution is 0.0696. The van der Waals surface area contributed by atoms with Crippen molar-refractivity contribution in [2.75, 3.05) is 32.2 Å². The molecule has 116 valence electrons. The maximum atomic E-state index is 11.5. The maximum Gasteiger partial charge on any atom is 0.337 e. The van der Waals surface area contributed by atoms with Crippen LogP contribution < -0.4 is 14.4 Å². The molecule has 0 radical (unpaired) electrons. The number of ether oxygens (including phenoxy) is 2. The Hall–Kier alpha value is -1.91. The Balaban J connectivity index is 2.33. The van der Waals surface area contributed by atoms with Crippen molar-refractivity contribution in [3.63, 3.8) is 0 Å². The van der Waals surface area contributed by atoms with E-state index in [1.807, 2.05) is 0 Å². The van der Waals surface area contributed by atoms with Gasteiger partial charge >= 0.3 is 5.97 Å². The molecule has 1 fully saturated rings. The smallest absolute Gasteiger partial charge is 0.337 e. The quantitative estimate of drug-likeness (QED) is 0.925. The van der Waals surface area contributed by atoms with E-state index in [1.165, 1.54) is 13.2 Å². The molecule has 2 rings (SSSR count). The van der Waals surface area contributed by atoms with Gasteiger partial charge in [0.2, 0.25) is 0 Å². The molecule has 0 bridgehead atoms. The predicted octanol–water partition coefficient (Wildman–Crippen LogP) is 2.88. The fourth-order valence-corrected chi connectivity index (χ4v) is 2.52. The third-order valence-electron chi connectivity index (χ3n) is 4.18. The van der Waals surface area contributed by atoms with Crippen LogP contribution in [-0.4, -0.2) is 38.4 Å². The molecule has 1 aliphatic heterocycles. The lowest BCUT2D eigenvalue weighted by Crippen LogP contribution is -2.52. The number of carbonyl (C=O) groups is 1. The number of nitrogens with zero attached hydrogens (tertiary/aromatic N) is 1.